The van der Waals surface area contributed by atoms with Gasteiger partial charge in [-0.1, -0.05) is 11.6 Å². The van der Waals surface area contributed by atoms with Crippen LogP contribution in [0.3, 0.4) is 0 Å². The van der Waals surface area contributed by atoms with Crippen molar-refractivity contribution in [3.8, 4) is 11.5 Å². The number of benzene rings is 2. The van der Waals surface area contributed by atoms with Gasteiger partial charge < -0.3 is 19.7 Å². The first-order chi connectivity index (χ1) is 11.5. The van der Waals surface area contributed by atoms with Crippen molar-refractivity contribution in [1.29, 1.82) is 0 Å². The maximum Gasteiger partial charge on any atom is 0.255 e. The fraction of sp³-hybridized carbons (Fsp3) is 0.278. The second-order valence-corrected chi connectivity index (χ2v) is 5.75. The summed E-state index contributed by atoms with van der Waals surface area (Å²) in [6.45, 7) is 2.36. The molecule has 0 heterocycles. The summed E-state index contributed by atoms with van der Waals surface area (Å²) in [5.41, 5.74) is 1.99. The van der Waals surface area contributed by atoms with Crippen LogP contribution in [0.25, 0.3) is 0 Å². The molecular formula is C18H21ClN2O3. The molecule has 0 radical (unpaired) electrons. The SMILES string of the molecule is CCOc1cc(C(=O)Nc2cc(Cl)ccc2N(C)C)ccc1OC. The summed E-state index contributed by atoms with van der Waals surface area (Å²) in [7, 11) is 5.37. The van der Waals surface area contributed by atoms with Crippen LogP contribution >= 0.6 is 11.6 Å². The molecule has 0 aliphatic carbocycles. The molecule has 0 aliphatic heterocycles. The van der Waals surface area contributed by atoms with Crippen molar-refractivity contribution >= 4 is 28.9 Å². The van der Waals surface area contributed by atoms with Crippen molar-refractivity contribution in [2.45, 2.75) is 6.92 Å². The number of amides is 1. The highest BCUT2D eigenvalue weighted by molar-refractivity contribution is 6.31. The minimum Gasteiger partial charge on any atom is -0.493 e. The Hall–Kier alpha value is -2.40. The minimum atomic E-state index is -0.246. The van der Waals surface area contributed by atoms with Crippen molar-refractivity contribution in [3.63, 3.8) is 0 Å². The van der Waals surface area contributed by atoms with E-state index in [-0.39, 0.29) is 5.91 Å². The van der Waals surface area contributed by atoms with Crippen LogP contribution in [0, 0.1) is 0 Å². The van der Waals surface area contributed by atoms with Crippen LogP contribution in [0.15, 0.2) is 36.4 Å². The maximum atomic E-state index is 12.6. The van der Waals surface area contributed by atoms with E-state index < -0.39 is 0 Å². The van der Waals surface area contributed by atoms with Crippen LogP contribution in [0.1, 0.15) is 17.3 Å². The van der Waals surface area contributed by atoms with Gasteiger partial charge >= 0.3 is 0 Å². The van der Waals surface area contributed by atoms with E-state index in [1.165, 1.54) is 0 Å². The molecule has 0 fully saturated rings. The summed E-state index contributed by atoms with van der Waals surface area (Å²) in [4.78, 5) is 14.5. The van der Waals surface area contributed by atoms with E-state index in [2.05, 4.69) is 5.32 Å². The quantitative estimate of drug-likeness (QED) is 0.855. The number of halogens is 1. The zero-order valence-electron chi connectivity index (χ0n) is 14.2. The van der Waals surface area contributed by atoms with E-state index in [1.807, 2.05) is 32.0 Å². The zero-order valence-corrected chi connectivity index (χ0v) is 15.0. The minimum absolute atomic E-state index is 0.246. The third kappa shape index (κ3) is 4.11. The summed E-state index contributed by atoms with van der Waals surface area (Å²) in [5, 5.41) is 3.45. The predicted octanol–water partition coefficient (Wildman–Crippen LogP) is 4.07. The predicted molar refractivity (Wildman–Crippen MR) is 97.9 cm³/mol. The molecule has 128 valence electrons. The summed E-state index contributed by atoms with van der Waals surface area (Å²) in [5.74, 6) is 0.876. The first-order valence-corrected chi connectivity index (χ1v) is 7.93. The van der Waals surface area contributed by atoms with E-state index in [4.69, 9.17) is 21.1 Å². The van der Waals surface area contributed by atoms with Crippen LogP contribution in [0.2, 0.25) is 5.02 Å². The third-order valence-corrected chi connectivity index (χ3v) is 3.65. The van der Waals surface area contributed by atoms with Gasteiger partial charge in [0.1, 0.15) is 0 Å². The van der Waals surface area contributed by atoms with Crippen molar-refractivity contribution in [2.24, 2.45) is 0 Å². The second-order valence-electron chi connectivity index (χ2n) is 5.31. The number of ether oxygens (including phenoxy) is 2. The van der Waals surface area contributed by atoms with Gasteiger partial charge in [-0.2, -0.15) is 0 Å². The Morgan fingerprint density at radius 3 is 2.54 bits per heavy atom. The number of anilines is 2. The van der Waals surface area contributed by atoms with Gasteiger partial charge in [-0.05, 0) is 43.3 Å². The lowest BCUT2D eigenvalue weighted by Crippen LogP contribution is -2.17. The molecule has 24 heavy (non-hydrogen) atoms. The number of nitrogens with one attached hydrogen (secondary N) is 1. The van der Waals surface area contributed by atoms with Gasteiger partial charge in [0, 0.05) is 24.7 Å². The average molecular weight is 349 g/mol. The largest absolute Gasteiger partial charge is 0.493 e. The van der Waals surface area contributed by atoms with E-state index in [9.17, 15) is 4.79 Å². The van der Waals surface area contributed by atoms with Crippen molar-refractivity contribution in [1.82, 2.24) is 0 Å². The monoisotopic (exact) mass is 348 g/mol. The lowest BCUT2D eigenvalue weighted by Gasteiger charge is -2.18. The van der Waals surface area contributed by atoms with Gasteiger partial charge in [0.2, 0.25) is 0 Å². The fourth-order valence-electron chi connectivity index (χ4n) is 2.28. The van der Waals surface area contributed by atoms with Crippen molar-refractivity contribution < 1.29 is 14.3 Å². The normalized spacial score (nSPS) is 10.2. The van der Waals surface area contributed by atoms with E-state index in [1.54, 1.807) is 37.4 Å². The highest BCUT2D eigenvalue weighted by Gasteiger charge is 2.14. The number of hydrogen-bond acceptors (Lipinski definition) is 4. The Morgan fingerprint density at radius 2 is 1.92 bits per heavy atom. The molecule has 0 atom stereocenters. The molecule has 6 heteroatoms. The Morgan fingerprint density at radius 1 is 1.17 bits per heavy atom. The Kier molecular flexibility index (Phi) is 5.93. The molecule has 0 aliphatic rings. The third-order valence-electron chi connectivity index (χ3n) is 3.41. The molecule has 0 bridgehead atoms. The highest BCUT2D eigenvalue weighted by atomic mass is 35.5. The van der Waals surface area contributed by atoms with E-state index in [0.717, 1.165) is 5.69 Å². The van der Waals surface area contributed by atoms with Crippen LogP contribution < -0.4 is 19.7 Å². The highest BCUT2D eigenvalue weighted by Crippen LogP contribution is 2.30. The molecule has 2 aromatic carbocycles. The summed E-state index contributed by atoms with van der Waals surface area (Å²) in [6, 6.07) is 10.4. The lowest BCUT2D eigenvalue weighted by molar-refractivity contribution is 0.102. The molecule has 0 spiro atoms. The maximum absolute atomic E-state index is 12.6. The lowest BCUT2D eigenvalue weighted by atomic mass is 10.1. The number of methoxy groups -OCH3 is 1. The first kappa shape index (κ1) is 17.9. The van der Waals surface area contributed by atoms with Gasteiger partial charge in [0.05, 0.1) is 25.1 Å². The van der Waals surface area contributed by atoms with Gasteiger partial charge in [-0.3, -0.25) is 4.79 Å². The molecule has 0 unspecified atom stereocenters. The molecule has 0 saturated carbocycles. The Bertz CT molecular complexity index is 732. The number of rotatable bonds is 6. The second kappa shape index (κ2) is 7.93. The van der Waals surface area contributed by atoms with Crippen LogP contribution in [0.5, 0.6) is 11.5 Å². The van der Waals surface area contributed by atoms with Gasteiger partial charge in [0.25, 0.3) is 5.91 Å². The van der Waals surface area contributed by atoms with Crippen LogP contribution in [-0.4, -0.2) is 33.7 Å². The van der Waals surface area contributed by atoms with Crippen molar-refractivity contribution in [2.75, 3.05) is 38.0 Å². The number of hydrogen-bond donors (Lipinski definition) is 1. The molecular weight excluding hydrogens is 328 g/mol. The number of nitrogens with zero attached hydrogens (tertiary/aromatic N) is 1. The molecule has 1 amide bonds. The van der Waals surface area contributed by atoms with E-state index >= 15 is 0 Å². The van der Waals surface area contributed by atoms with Crippen LogP contribution in [-0.2, 0) is 0 Å². The summed E-state index contributed by atoms with van der Waals surface area (Å²) in [6.07, 6.45) is 0. The first-order valence-electron chi connectivity index (χ1n) is 7.55. The van der Waals surface area contributed by atoms with E-state index in [0.29, 0.717) is 34.4 Å². The average Bonchev–Trinajstić information content (AvgIpc) is 2.54. The van der Waals surface area contributed by atoms with Gasteiger partial charge in [0.15, 0.2) is 11.5 Å². The van der Waals surface area contributed by atoms with Gasteiger partial charge in [-0.25, -0.2) is 0 Å². The molecule has 2 rings (SSSR count). The fourth-order valence-corrected chi connectivity index (χ4v) is 2.45. The molecule has 0 aromatic heterocycles. The number of carbonyl (C=O) groups is 1. The Labute approximate surface area is 147 Å². The Balaban J connectivity index is 2.30. The number of carbonyl (C=O) groups excluding carboxylic acids is 1. The molecule has 1 N–H and O–H groups in total. The zero-order chi connectivity index (χ0) is 17.7. The van der Waals surface area contributed by atoms with Crippen molar-refractivity contribution in [3.05, 3.63) is 47.0 Å². The molecule has 2 aromatic rings. The molecule has 5 nitrogen and oxygen atoms in total. The molecule has 0 saturated heterocycles. The topological polar surface area (TPSA) is 50.8 Å². The summed E-state index contributed by atoms with van der Waals surface area (Å²) >= 11 is 6.05. The smallest absolute Gasteiger partial charge is 0.255 e. The van der Waals surface area contributed by atoms with Crippen LogP contribution in [0.4, 0.5) is 11.4 Å². The standard InChI is InChI=1S/C18H21ClN2O3/c1-5-24-17-10-12(6-9-16(17)23-4)18(22)20-14-11-13(19)7-8-15(14)21(2)3/h6-11H,5H2,1-4H3,(H,20,22). The summed E-state index contributed by atoms with van der Waals surface area (Å²) < 4.78 is 10.8. The van der Waals surface area contributed by atoms with Gasteiger partial charge in [-0.15, -0.1) is 0 Å².